The number of alkyl halides is 2. The topological polar surface area (TPSA) is 88.2 Å². The first kappa shape index (κ1) is 23.0. The Kier molecular flexibility index (Phi) is 6.83. The number of aryl methyl sites for hydroxylation is 2. The van der Waals surface area contributed by atoms with Gasteiger partial charge in [-0.2, -0.15) is 0 Å². The van der Waals surface area contributed by atoms with E-state index in [1.165, 1.54) is 12.1 Å². The first-order chi connectivity index (χ1) is 14.6. The Hall–Kier alpha value is -2.68. The highest BCUT2D eigenvalue weighted by Crippen LogP contribution is 2.42. The van der Waals surface area contributed by atoms with Crippen LogP contribution in [0.5, 0.6) is 11.5 Å². The van der Waals surface area contributed by atoms with Gasteiger partial charge in [-0.05, 0) is 49.9 Å². The van der Waals surface area contributed by atoms with Crippen molar-refractivity contribution in [1.29, 1.82) is 0 Å². The molecule has 1 aliphatic heterocycles. The molecule has 0 fully saturated rings. The summed E-state index contributed by atoms with van der Waals surface area (Å²) in [6.45, 7) is 7.45. The van der Waals surface area contributed by atoms with Crippen molar-refractivity contribution in [3.05, 3.63) is 71.4 Å². The van der Waals surface area contributed by atoms with Crippen LogP contribution >= 0.6 is 0 Å². The van der Waals surface area contributed by atoms with Crippen LogP contribution < -0.4 is 15.2 Å². The van der Waals surface area contributed by atoms with Crippen molar-refractivity contribution in [3.63, 3.8) is 0 Å². The molecule has 6 nitrogen and oxygen atoms in total. The van der Waals surface area contributed by atoms with E-state index in [-0.39, 0.29) is 18.1 Å². The van der Waals surface area contributed by atoms with Crippen molar-refractivity contribution in [1.82, 2.24) is 5.06 Å². The fourth-order valence-corrected chi connectivity index (χ4v) is 3.73. The second-order valence-corrected chi connectivity index (χ2v) is 7.87. The van der Waals surface area contributed by atoms with Crippen molar-refractivity contribution in [2.45, 2.75) is 45.1 Å². The minimum Gasteiger partial charge on any atom is -0.395 e. The van der Waals surface area contributed by atoms with Crippen LogP contribution in [-0.4, -0.2) is 34.3 Å². The van der Waals surface area contributed by atoms with E-state index in [0.29, 0.717) is 24.1 Å². The van der Waals surface area contributed by atoms with Gasteiger partial charge in [0.25, 0.3) is 0 Å². The summed E-state index contributed by atoms with van der Waals surface area (Å²) in [5.41, 5.74) is 9.25. The van der Waals surface area contributed by atoms with Crippen LogP contribution in [0.4, 0.5) is 8.78 Å². The minimum absolute atomic E-state index is 0.0670. The zero-order chi connectivity index (χ0) is 22.8. The largest absolute Gasteiger partial charge is 0.586 e. The molecule has 3 rings (SSSR count). The Morgan fingerprint density at radius 1 is 1.19 bits per heavy atom. The molecule has 0 saturated carbocycles. The number of halogens is 2. The zero-order valence-electron chi connectivity index (χ0n) is 17.6. The quantitative estimate of drug-likeness (QED) is 0.514. The van der Waals surface area contributed by atoms with Gasteiger partial charge in [0, 0.05) is 17.7 Å². The normalized spacial score (nSPS) is 17.1. The van der Waals surface area contributed by atoms with Crippen molar-refractivity contribution >= 4 is 0 Å². The number of hydrogen-bond donors (Lipinski definition) is 3. The molecule has 0 radical (unpaired) electrons. The van der Waals surface area contributed by atoms with E-state index in [4.69, 9.17) is 5.73 Å². The van der Waals surface area contributed by atoms with Crippen molar-refractivity contribution in [2.75, 3.05) is 6.61 Å². The third kappa shape index (κ3) is 5.33. The van der Waals surface area contributed by atoms with Crippen molar-refractivity contribution in [3.8, 4) is 11.5 Å². The van der Waals surface area contributed by atoms with Crippen molar-refractivity contribution < 1.29 is 28.6 Å². The molecule has 0 spiro atoms. The molecule has 0 amide bonds. The molecular weight excluding hydrogens is 406 g/mol. The summed E-state index contributed by atoms with van der Waals surface area (Å²) in [7, 11) is 0. The number of ether oxygens (including phenoxy) is 2. The fraction of sp³-hybridized carbons (Fsp3) is 0.391. The maximum Gasteiger partial charge on any atom is 0.586 e. The van der Waals surface area contributed by atoms with E-state index in [2.05, 4.69) is 22.1 Å². The van der Waals surface area contributed by atoms with Gasteiger partial charge in [-0.15, -0.1) is 8.78 Å². The van der Waals surface area contributed by atoms with E-state index >= 15 is 0 Å². The van der Waals surface area contributed by atoms with Crippen molar-refractivity contribution in [2.24, 2.45) is 11.7 Å². The highest BCUT2D eigenvalue weighted by molar-refractivity contribution is 5.46. The van der Waals surface area contributed by atoms with Gasteiger partial charge in [0.05, 0.1) is 12.6 Å². The molecule has 2 aromatic rings. The molecule has 3 atom stereocenters. The number of hydroxylamine groups is 2. The molecule has 0 aromatic heterocycles. The Morgan fingerprint density at radius 3 is 2.58 bits per heavy atom. The molecule has 2 aromatic carbocycles. The summed E-state index contributed by atoms with van der Waals surface area (Å²) < 4.78 is 35.5. The van der Waals surface area contributed by atoms with Crippen LogP contribution in [0.3, 0.4) is 0 Å². The smallest absolute Gasteiger partial charge is 0.395 e. The number of fused-ring (bicyclic) bond motifs is 1. The second-order valence-electron chi connectivity index (χ2n) is 7.87. The molecule has 1 unspecified atom stereocenters. The Balaban J connectivity index is 1.73. The van der Waals surface area contributed by atoms with E-state index in [0.717, 1.165) is 16.2 Å². The summed E-state index contributed by atoms with van der Waals surface area (Å²) >= 11 is 0. The molecule has 0 bridgehead atoms. The van der Waals surface area contributed by atoms with Crippen LogP contribution in [0, 0.1) is 12.8 Å². The van der Waals surface area contributed by atoms with Crippen LogP contribution in [0.2, 0.25) is 0 Å². The van der Waals surface area contributed by atoms with Crippen LogP contribution in [0.15, 0.2) is 54.7 Å². The number of benzene rings is 2. The predicted octanol–water partition coefficient (Wildman–Crippen LogP) is 4.15. The van der Waals surface area contributed by atoms with E-state index < -0.39 is 24.3 Å². The van der Waals surface area contributed by atoms with Gasteiger partial charge in [-0.3, -0.25) is 10.3 Å². The van der Waals surface area contributed by atoms with Crippen LogP contribution in [-0.2, 0) is 6.42 Å². The maximum absolute atomic E-state index is 13.3. The lowest BCUT2D eigenvalue weighted by Gasteiger charge is -2.33. The third-order valence-electron chi connectivity index (χ3n) is 5.55. The number of nitrogens with zero attached hydrogens (tertiary/aromatic N) is 1. The molecule has 0 aliphatic carbocycles. The third-order valence-corrected chi connectivity index (χ3v) is 5.55. The molecule has 8 heteroatoms. The number of hydrogen-bond acceptors (Lipinski definition) is 6. The highest BCUT2D eigenvalue weighted by atomic mass is 19.3. The molecule has 1 heterocycles. The lowest BCUT2D eigenvalue weighted by atomic mass is 9.89. The van der Waals surface area contributed by atoms with Gasteiger partial charge in [0.1, 0.15) is 0 Å². The first-order valence-corrected chi connectivity index (χ1v) is 10.1. The number of rotatable bonds is 9. The predicted molar refractivity (Wildman–Crippen MR) is 112 cm³/mol. The Bertz CT molecular complexity index is 938. The maximum atomic E-state index is 13.3. The Morgan fingerprint density at radius 2 is 1.90 bits per heavy atom. The number of aliphatic hydroxyl groups is 1. The summed E-state index contributed by atoms with van der Waals surface area (Å²) in [5.74, 6) is -0.560. The Labute approximate surface area is 180 Å². The molecule has 1 aliphatic rings. The van der Waals surface area contributed by atoms with Gasteiger partial charge in [0.2, 0.25) is 0 Å². The average Bonchev–Trinajstić information content (AvgIpc) is 3.05. The highest BCUT2D eigenvalue weighted by Gasteiger charge is 2.43. The summed E-state index contributed by atoms with van der Waals surface area (Å²) in [5, 5.41) is 21.4. The van der Waals surface area contributed by atoms with Gasteiger partial charge in [-0.1, -0.05) is 42.5 Å². The molecule has 0 saturated heterocycles. The summed E-state index contributed by atoms with van der Waals surface area (Å²) in [6, 6.07) is 11.2. The van der Waals surface area contributed by atoms with E-state index in [1.807, 2.05) is 25.1 Å². The van der Waals surface area contributed by atoms with Gasteiger partial charge < -0.3 is 20.3 Å². The number of nitrogens with two attached hydrogens (primary N) is 1. The van der Waals surface area contributed by atoms with Crippen LogP contribution in [0.25, 0.3) is 0 Å². The minimum atomic E-state index is -3.71. The molecular formula is C23H28F2N2O4. The van der Waals surface area contributed by atoms with E-state index in [1.54, 1.807) is 13.0 Å². The lowest BCUT2D eigenvalue weighted by molar-refractivity contribution is -0.286. The average molecular weight is 434 g/mol. The first-order valence-electron chi connectivity index (χ1n) is 10.1. The molecule has 168 valence electrons. The monoisotopic (exact) mass is 434 g/mol. The fourth-order valence-electron chi connectivity index (χ4n) is 3.73. The number of aliphatic hydroxyl groups excluding tert-OH is 1. The second kappa shape index (κ2) is 9.21. The summed E-state index contributed by atoms with van der Waals surface area (Å²) in [4.78, 5) is 0. The van der Waals surface area contributed by atoms with Gasteiger partial charge in [-0.25, -0.2) is 0 Å². The molecule has 31 heavy (non-hydrogen) atoms. The van der Waals surface area contributed by atoms with Gasteiger partial charge >= 0.3 is 6.29 Å². The molecule has 4 N–H and O–H groups in total. The van der Waals surface area contributed by atoms with E-state index in [9.17, 15) is 19.1 Å². The van der Waals surface area contributed by atoms with Gasteiger partial charge in [0.15, 0.2) is 11.5 Å². The standard InChI is InChI=1S/C23H28F2N2O4/c1-14-5-4-6-17(11-14)7-9-19(20(26)13-28)16(3)27(29)15(2)18-8-10-21-22(12-18)31-23(24,25)30-21/h4-6,8,10-12,15,19-20,28-29H,3,7,9,13,26H2,1-2H3/t15-,19+,20?/m1/s1. The zero-order valence-corrected chi connectivity index (χ0v) is 17.6. The SMILES string of the molecule is C=C([C@H](CCc1cccc(C)c1)C(N)CO)N(O)[C@H](C)c1ccc2c(c1)OC(F)(F)O2. The summed E-state index contributed by atoms with van der Waals surface area (Å²) in [6.07, 6.45) is -2.44. The van der Waals surface area contributed by atoms with Crippen LogP contribution in [0.1, 0.15) is 36.1 Å². The lowest BCUT2D eigenvalue weighted by Crippen LogP contribution is -2.39.